The van der Waals surface area contributed by atoms with Crippen LogP contribution in [0.15, 0.2) is 0 Å². The van der Waals surface area contributed by atoms with E-state index in [4.69, 9.17) is 23.7 Å². The topological polar surface area (TPSA) is 149 Å². The molecule has 0 radical (unpaired) electrons. The Morgan fingerprint density at radius 1 is 0.821 bits per heavy atom. The molecule has 0 bridgehead atoms. The van der Waals surface area contributed by atoms with Crippen molar-refractivity contribution in [2.75, 3.05) is 12.9 Å². The van der Waals surface area contributed by atoms with Gasteiger partial charge in [0.15, 0.2) is 23.7 Å². The van der Waals surface area contributed by atoms with Crippen molar-refractivity contribution in [1.82, 2.24) is 0 Å². The largest absolute Gasteiger partial charge is 0.463 e. The maximum Gasteiger partial charge on any atom is 0.303 e. The van der Waals surface area contributed by atoms with E-state index in [0.717, 1.165) is 34.0 Å². The monoisotopic (exact) mass is 442 g/mol. The molecule has 0 unspecified atom stereocenters. The zero-order chi connectivity index (χ0) is 21.6. The highest BCUT2D eigenvalue weighted by molar-refractivity contribution is 8.72. The second kappa shape index (κ2) is 10.1. The van der Waals surface area contributed by atoms with Crippen LogP contribution in [0, 0.1) is 0 Å². The SMILES string of the molecule is CC(=O)OC[C@H]1O[C@@H](SS(C)(=O)=O)[C@@H](OC(C)=O)[C@@H](OC(C)=O)[C@@H]1OC(C)=O. The van der Waals surface area contributed by atoms with E-state index in [0.29, 0.717) is 10.8 Å². The molecule has 1 aliphatic rings. The standard InChI is InChI=1S/C15H22O11S2/c1-7(16)22-6-11-12(23-8(2)17)13(24-9(3)18)14(25-10(4)19)15(26-11)27-28(5,20)21/h11-15H,6H2,1-5H3/t11-,12-,13+,14+,15+/m1/s1. The maximum atomic E-state index is 11.8. The molecule has 0 amide bonds. The van der Waals surface area contributed by atoms with Crippen LogP contribution in [0.5, 0.6) is 0 Å². The molecule has 0 aliphatic carbocycles. The lowest BCUT2D eigenvalue weighted by molar-refractivity contribution is -0.237. The molecule has 1 rings (SSSR count). The molecular formula is C15H22O11S2. The summed E-state index contributed by atoms with van der Waals surface area (Å²) >= 11 is 0. The van der Waals surface area contributed by atoms with Gasteiger partial charge in [-0.2, -0.15) is 0 Å². The summed E-state index contributed by atoms with van der Waals surface area (Å²) in [5.74, 6) is -3.03. The van der Waals surface area contributed by atoms with E-state index >= 15 is 0 Å². The normalized spacial score (nSPS) is 27.4. The van der Waals surface area contributed by atoms with E-state index in [1.807, 2.05) is 0 Å². The van der Waals surface area contributed by atoms with Gasteiger partial charge in [-0.05, 0) is 0 Å². The fourth-order valence-corrected chi connectivity index (χ4v) is 4.79. The van der Waals surface area contributed by atoms with Crippen molar-refractivity contribution in [3.63, 3.8) is 0 Å². The van der Waals surface area contributed by atoms with E-state index in [1.54, 1.807) is 0 Å². The Kier molecular flexibility index (Phi) is 8.70. The van der Waals surface area contributed by atoms with Gasteiger partial charge in [0, 0.05) is 44.7 Å². The predicted molar refractivity (Wildman–Crippen MR) is 94.4 cm³/mol. The van der Waals surface area contributed by atoms with Gasteiger partial charge in [0.1, 0.15) is 12.7 Å². The minimum Gasteiger partial charge on any atom is -0.463 e. The van der Waals surface area contributed by atoms with Crippen LogP contribution in [0.1, 0.15) is 27.7 Å². The molecule has 13 heteroatoms. The number of hydrogen-bond donors (Lipinski definition) is 0. The first-order valence-corrected chi connectivity index (χ1v) is 11.3. The summed E-state index contributed by atoms with van der Waals surface area (Å²) in [4.78, 5) is 45.8. The third-order valence-electron chi connectivity index (χ3n) is 3.22. The minimum atomic E-state index is -3.70. The van der Waals surface area contributed by atoms with Crippen LogP contribution >= 0.6 is 10.8 Å². The van der Waals surface area contributed by atoms with Crippen molar-refractivity contribution in [3.8, 4) is 0 Å². The fraction of sp³-hybridized carbons (Fsp3) is 0.733. The summed E-state index contributed by atoms with van der Waals surface area (Å²) in [5.41, 5.74) is -1.34. The van der Waals surface area contributed by atoms with Gasteiger partial charge < -0.3 is 23.7 Å². The van der Waals surface area contributed by atoms with Gasteiger partial charge in [-0.15, -0.1) is 0 Å². The second-order valence-electron chi connectivity index (χ2n) is 5.87. The quantitative estimate of drug-likeness (QED) is 0.291. The van der Waals surface area contributed by atoms with Crippen molar-refractivity contribution >= 4 is 43.5 Å². The van der Waals surface area contributed by atoms with Crippen LogP contribution in [-0.2, 0) is 51.7 Å². The summed E-state index contributed by atoms with van der Waals surface area (Å²) in [6, 6.07) is 0. The average molecular weight is 442 g/mol. The third-order valence-corrected chi connectivity index (χ3v) is 5.75. The fourth-order valence-electron chi connectivity index (χ4n) is 2.44. The highest BCUT2D eigenvalue weighted by atomic mass is 33.1. The Balaban J connectivity index is 3.36. The van der Waals surface area contributed by atoms with Gasteiger partial charge in [-0.25, -0.2) is 8.42 Å². The van der Waals surface area contributed by atoms with E-state index in [2.05, 4.69) is 0 Å². The molecule has 11 nitrogen and oxygen atoms in total. The van der Waals surface area contributed by atoms with Crippen LogP contribution in [0.2, 0.25) is 0 Å². The number of ether oxygens (including phenoxy) is 5. The molecular weight excluding hydrogens is 420 g/mol. The first-order chi connectivity index (χ1) is 12.8. The molecule has 1 saturated heterocycles. The van der Waals surface area contributed by atoms with Gasteiger partial charge in [0.25, 0.3) is 0 Å². The summed E-state index contributed by atoms with van der Waals surface area (Å²) in [6.45, 7) is 3.95. The number of carbonyl (C=O) groups is 4. The number of hydrogen-bond acceptors (Lipinski definition) is 12. The van der Waals surface area contributed by atoms with Crippen molar-refractivity contribution < 1.29 is 51.3 Å². The van der Waals surface area contributed by atoms with Crippen molar-refractivity contribution in [3.05, 3.63) is 0 Å². The molecule has 1 aliphatic heterocycles. The van der Waals surface area contributed by atoms with Crippen LogP contribution in [0.4, 0.5) is 0 Å². The van der Waals surface area contributed by atoms with Gasteiger partial charge in [0.05, 0.1) is 0 Å². The highest BCUT2D eigenvalue weighted by Crippen LogP contribution is 2.36. The van der Waals surface area contributed by atoms with Gasteiger partial charge in [0.2, 0.25) is 8.87 Å². The lowest BCUT2D eigenvalue weighted by Crippen LogP contribution is -2.61. The number of esters is 4. The van der Waals surface area contributed by atoms with E-state index in [9.17, 15) is 27.6 Å². The molecule has 28 heavy (non-hydrogen) atoms. The molecule has 0 aromatic rings. The Bertz CT molecular complexity index is 717. The van der Waals surface area contributed by atoms with Crippen molar-refractivity contribution in [2.45, 2.75) is 57.5 Å². The van der Waals surface area contributed by atoms with Crippen molar-refractivity contribution in [2.24, 2.45) is 0 Å². The molecule has 1 heterocycles. The van der Waals surface area contributed by atoms with Gasteiger partial charge >= 0.3 is 23.9 Å². The lowest BCUT2D eigenvalue weighted by Gasteiger charge is -2.43. The first kappa shape index (κ1) is 24.2. The van der Waals surface area contributed by atoms with Crippen LogP contribution in [0.3, 0.4) is 0 Å². The zero-order valence-electron chi connectivity index (χ0n) is 15.9. The van der Waals surface area contributed by atoms with Crippen molar-refractivity contribution in [1.29, 1.82) is 0 Å². The third kappa shape index (κ3) is 8.02. The number of carbonyl (C=O) groups excluding carboxylic acids is 4. The zero-order valence-corrected chi connectivity index (χ0v) is 17.5. The Morgan fingerprint density at radius 2 is 1.29 bits per heavy atom. The van der Waals surface area contributed by atoms with Crippen LogP contribution in [-0.4, -0.2) is 75.0 Å². The summed E-state index contributed by atoms with van der Waals surface area (Å²) in [6.07, 6.45) is -4.38. The smallest absolute Gasteiger partial charge is 0.303 e. The Hall–Kier alpha value is -1.86. The maximum absolute atomic E-state index is 11.8. The van der Waals surface area contributed by atoms with E-state index in [-0.39, 0.29) is 0 Å². The van der Waals surface area contributed by atoms with Crippen LogP contribution < -0.4 is 0 Å². The molecule has 5 atom stereocenters. The van der Waals surface area contributed by atoms with E-state index in [1.165, 1.54) is 0 Å². The molecule has 1 fully saturated rings. The van der Waals surface area contributed by atoms with Crippen LogP contribution in [0.25, 0.3) is 0 Å². The Morgan fingerprint density at radius 3 is 1.71 bits per heavy atom. The molecule has 0 aromatic heterocycles. The molecule has 0 saturated carbocycles. The summed E-state index contributed by atoms with van der Waals surface area (Å²) < 4.78 is 49.5. The predicted octanol–water partition coefficient (Wildman–Crippen LogP) is -0.238. The Labute approximate surface area is 165 Å². The molecule has 0 aromatic carbocycles. The lowest BCUT2D eigenvalue weighted by atomic mass is 9.99. The molecule has 0 N–H and O–H groups in total. The first-order valence-electron chi connectivity index (χ1n) is 7.99. The average Bonchev–Trinajstić information content (AvgIpc) is 2.48. The second-order valence-corrected chi connectivity index (χ2v) is 10.3. The summed E-state index contributed by atoms with van der Waals surface area (Å²) in [7, 11) is -3.38. The number of rotatable bonds is 7. The minimum absolute atomic E-state index is 0.318. The van der Waals surface area contributed by atoms with E-state index < -0.39 is 69.2 Å². The highest BCUT2D eigenvalue weighted by Gasteiger charge is 2.53. The van der Waals surface area contributed by atoms with Gasteiger partial charge in [-0.3, -0.25) is 19.2 Å². The summed E-state index contributed by atoms with van der Waals surface area (Å²) in [5, 5.41) is 0. The molecule has 0 spiro atoms. The van der Waals surface area contributed by atoms with Gasteiger partial charge in [-0.1, -0.05) is 0 Å². The molecule has 160 valence electrons.